The van der Waals surface area contributed by atoms with E-state index in [4.69, 9.17) is 20.4 Å². The molecule has 0 spiro atoms. The first-order valence-electron chi connectivity index (χ1n) is 3.62. The van der Waals surface area contributed by atoms with Crippen LogP contribution in [0.4, 0.5) is 0 Å². The van der Waals surface area contributed by atoms with E-state index in [9.17, 15) is 19.2 Å². The molecular weight excluding hydrogens is 224 g/mol. The van der Waals surface area contributed by atoms with Crippen LogP contribution in [0.3, 0.4) is 0 Å². The standard InChI is InChI=1S/C8H6O8/c9-5(10)1-3(7(13)14)4(8(15)16)2-6(11)12/h1-2H,(H,9,10)(H,11,12)(H,13,14)(H,15,16). The molecule has 0 unspecified atom stereocenters. The van der Waals surface area contributed by atoms with E-state index in [1.165, 1.54) is 0 Å². The highest BCUT2D eigenvalue weighted by molar-refractivity contribution is 6.11. The molecular formula is C8H6O8. The van der Waals surface area contributed by atoms with Crippen LogP contribution in [-0.2, 0) is 19.2 Å². The molecule has 0 atom stereocenters. The first kappa shape index (κ1) is 13.4. The maximum Gasteiger partial charge on any atom is 0.336 e. The first-order valence-corrected chi connectivity index (χ1v) is 3.62. The second kappa shape index (κ2) is 5.29. The van der Waals surface area contributed by atoms with E-state index in [1.54, 1.807) is 0 Å². The van der Waals surface area contributed by atoms with Crippen molar-refractivity contribution in [3.63, 3.8) is 0 Å². The van der Waals surface area contributed by atoms with E-state index in [-0.39, 0.29) is 12.2 Å². The highest BCUT2D eigenvalue weighted by atomic mass is 16.4. The van der Waals surface area contributed by atoms with Gasteiger partial charge in [0.2, 0.25) is 0 Å². The fourth-order valence-corrected chi connectivity index (χ4v) is 0.756. The Morgan fingerprint density at radius 1 is 0.625 bits per heavy atom. The van der Waals surface area contributed by atoms with Crippen molar-refractivity contribution in [1.29, 1.82) is 0 Å². The van der Waals surface area contributed by atoms with Gasteiger partial charge in [-0.15, -0.1) is 0 Å². The Kier molecular flexibility index (Phi) is 4.42. The summed E-state index contributed by atoms with van der Waals surface area (Å²) in [7, 11) is 0. The average molecular weight is 230 g/mol. The van der Waals surface area contributed by atoms with Crippen molar-refractivity contribution in [2.45, 2.75) is 0 Å². The predicted octanol–water partition coefficient (Wildman–Crippen LogP) is -0.822. The largest absolute Gasteiger partial charge is 0.478 e. The van der Waals surface area contributed by atoms with Crippen LogP contribution in [0.25, 0.3) is 0 Å². The summed E-state index contributed by atoms with van der Waals surface area (Å²) in [5.74, 6) is -7.10. The van der Waals surface area contributed by atoms with Crippen LogP contribution in [0.5, 0.6) is 0 Å². The minimum absolute atomic E-state index is 0.102. The van der Waals surface area contributed by atoms with Crippen molar-refractivity contribution < 1.29 is 39.6 Å². The molecule has 0 saturated heterocycles. The minimum atomic E-state index is -1.85. The number of aliphatic carboxylic acids is 4. The quantitative estimate of drug-likeness (QED) is 0.353. The summed E-state index contributed by atoms with van der Waals surface area (Å²) in [6.07, 6.45) is 0.205. The number of hydrogen-bond acceptors (Lipinski definition) is 4. The number of rotatable bonds is 5. The fourth-order valence-electron chi connectivity index (χ4n) is 0.756. The maximum atomic E-state index is 10.5. The lowest BCUT2D eigenvalue weighted by molar-refractivity contribution is -0.137. The summed E-state index contributed by atoms with van der Waals surface area (Å²) in [5.41, 5.74) is -2.25. The summed E-state index contributed by atoms with van der Waals surface area (Å²) in [5, 5.41) is 33.6. The zero-order valence-corrected chi connectivity index (χ0v) is 7.58. The van der Waals surface area contributed by atoms with E-state index >= 15 is 0 Å². The lowest BCUT2D eigenvalue weighted by Gasteiger charge is -2.01. The zero-order valence-electron chi connectivity index (χ0n) is 7.58. The van der Waals surface area contributed by atoms with Gasteiger partial charge in [0.15, 0.2) is 0 Å². The van der Waals surface area contributed by atoms with Crippen LogP contribution >= 0.6 is 0 Å². The van der Waals surface area contributed by atoms with E-state index < -0.39 is 35.0 Å². The molecule has 16 heavy (non-hydrogen) atoms. The predicted molar refractivity (Wildman–Crippen MR) is 46.7 cm³/mol. The minimum Gasteiger partial charge on any atom is -0.478 e. The summed E-state index contributed by atoms with van der Waals surface area (Å²) >= 11 is 0. The maximum absolute atomic E-state index is 10.5. The summed E-state index contributed by atoms with van der Waals surface area (Å²) in [6.45, 7) is 0. The van der Waals surface area contributed by atoms with Crippen molar-refractivity contribution in [1.82, 2.24) is 0 Å². The third-order valence-corrected chi connectivity index (χ3v) is 1.29. The fraction of sp³-hybridized carbons (Fsp3) is 0. The summed E-state index contributed by atoms with van der Waals surface area (Å²) < 4.78 is 0. The van der Waals surface area contributed by atoms with Gasteiger partial charge in [-0.1, -0.05) is 0 Å². The SMILES string of the molecule is O=C(O)C=C(C(=O)O)C(=CC(=O)O)C(=O)O. The lowest BCUT2D eigenvalue weighted by Crippen LogP contribution is -2.14. The molecule has 86 valence electrons. The molecule has 0 aliphatic heterocycles. The Bertz CT molecular complexity index is 374. The summed E-state index contributed by atoms with van der Waals surface area (Å²) in [4.78, 5) is 41.5. The first-order chi connectivity index (χ1) is 7.25. The van der Waals surface area contributed by atoms with Gasteiger partial charge in [-0.3, -0.25) is 0 Å². The van der Waals surface area contributed by atoms with E-state index in [2.05, 4.69) is 0 Å². The molecule has 0 heterocycles. The van der Waals surface area contributed by atoms with Gasteiger partial charge in [-0.2, -0.15) is 0 Å². The third kappa shape index (κ3) is 4.05. The topological polar surface area (TPSA) is 149 Å². The van der Waals surface area contributed by atoms with Gasteiger partial charge in [-0.05, 0) is 0 Å². The Morgan fingerprint density at radius 2 is 0.875 bits per heavy atom. The van der Waals surface area contributed by atoms with Gasteiger partial charge >= 0.3 is 23.9 Å². The molecule has 4 N–H and O–H groups in total. The van der Waals surface area contributed by atoms with Gasteiger partial charge in [0.05, 0.1) is 11.1 Å². The molecule has 8 nitrogen and oxygen atoms in total. The van der Waals surface area contributed by atoms with Crippen LogP contribution in [0, 0.1) is 0 Å². The van der Waals surface area contributed by atoms with Crippen LogP contribution in [-0.4, -0.2) is 44.3 Å². The number of hydrogen-bond donors (Lipinski definition) is 4. The van der Waals surface area contributed by atoms with E-state index in [1.807, 2.05) is 0 Å². The van der Waals surface area contributed by atoms with Crippen LogP contribution in [0.1, 0.15) is 0 Å². The van der Waals surface area contributed by atoms with Gasteiger partial charge in [0, 0.05) is 12.2 Å². The van der Waals surface area contributed by atoms with Crippen molar-refractivity contribution >= 4 is 23.9 Å². The number of carboxylic acids is 4. The highest BCUT2D eigenvalue weighted by Gasteiger charge is 2.22. The molecule has 0 fully saturated rings. The van der Waals surface area contributed by atoms with Gasteiger partial charge in [0.1, 0.15) is 0 Å². The van der Waals surface area contributed by atoms with Crippen molar-refractivity contribution in [2.24, 2.45) is 0 Å². The van der Waals surface area contributed by atoms with Crippen LogP contribution in [0.15, 0.2) is 23.3 Å². The highest BCUT2D eigenvalue weighted by Crippen LogP contribution is 2.10. The normalized spacial score (nSPS) is 12.0. The zero-order chi connectivity index (χ0) is 12.9. The molecule has 0 aromatic carbocycles. The van der Waals surface area contributed by atoms with Crippen molar-refractivity contribution in [2.75, 3.05) is 0 Å². The molecule has 0 saturated carbocycles. The van der Waals surface area contributed by atoms with Gasteiger partial charge in [-0.25, -0.2) is 19.2 Å². The Morgan fingerprint density at radius 3 is 1.00 bits per heavy atom. The average Bonchev–Trinajstić information content (AvgIpc) is 2.09. The van der Waals surface area contributed by atoms with Crippen molar-refractivity contribution in [3.8, 4) is 0 Å². The Hall–Kier alpha value is -2.64. The molecule has 0 aliphatic rings. The number of carboxylic acid groups (broad SMARTS) is 4. The molecule has 0 aromatic rings. The van der Waals surface area contributed by atoms with Gasteiger partial charge in [0.25, 0.3) is 0 Å². The van der Waals surface area contributed by atoms with Crippen LogP contribution < -0.4 is 0 Å². The Labute approximate surface area is 87.7 Å². The second-order valence-corrected chi connectivity index (χ2v) is 2.40. The Balaban J connectivity index is 5.65. The van der Waals surface area contributed by atoms with E-state index in [0.29, 0.717) is 0 Å². The molecule has 0 amide bonds. The molecule has 0 aromatic heterocycles. The molecule has 0 rings (SSSR count). The van der Waals surface area contributed by atoms with Crippen LogP contribution in [0.2, 0.25) is 0 Å². The monoisotopic (exact) mass is 230 g/mol. The number of carbonyl (C=O) groups is 4. The van der Waals surface area contributed by atoms with Gasteiger partial charge < -0.3 is 20.4 Å². The van der Waals surface area contributed by atoms with Crippen molar-refractivity contribution in [3.05, 3.63) is 23.3 Å². The summed E-state index contributed by atoms with van der Waals surface area (Å²) in [6, 6.07) is 0. The molecule has 8 heteroatoms. The molecule has 0 aliphatic carbocycles. The van der Waals surface area contributed by atoms with E-state index in [0.717, 1.165) is 0 Å². The smallest absolute Gasteiger partial charge is 0.336 e. The molecule has 0 bridgehead atoms. The lowest BCUT2D eigenvalue weighted by atomic mass is 10.1. The molecule has 0 radical (unpaired) electrons. The third-order valence-electron chi connectivity index (χ3n) is 1.29. The second-order valence-electron chi connectivity index (χ2n) is 2.40.